The number of benzene rings is 1. The Morgan fingerprint density at radius 2 is 2.21 bits per heavy atom. The molecule has 0 aliphatic carbocycles. The summed E-state index contributed by atoms with van der Waals surface area (Å²) in [6.07, 6.45) is 3.32. The van der Waals surface area contributed by atoms with Gasteiger partial charge >= 0.3 is 0 Å². The van der Waals surface area contributed by atoms with E-state index in [0.717, 1.165) is 20.9 Å². The van der Waals surface area contributed by atoms with E-state index in [1.54, 1.807) is 24.3 Å². The molecule has 5 heteroatoms. The second-order valence-corrected chi connectivity index (χ2v) is 6.06. The molecule has 1 aromatic heterocycles. The van der Waals surface area contributed by atoms with E-state index in [1.807, 2.05) is 6.07 Å². The van der Waals surface area contributed by atoms with Crippen LogP contribution in [0.25, 0.3) is 0 Å². The van der Waals surface area contributed by atoms with Gasteiger partial charge in [-0.1, -0.05) is 40.7 Å². The van der Waals surface area contributed by atoms with E-state index in [9.17, 15) is 0 Å². The first-order chi connectivity index (χ1) is 9.20. The van der Waals surface area contributed by atoms with Crippen LogP contribution in [0.2, 0.25) is 0 Å². The van der Waals surface area contributed by atoms with Gasteiger partial charge in [-0.05, 0) is 37.2 Å². The first-order valence-electron chi connectivity index (χ1n) is 6.17. The second kappa shape index (κ2) is 7.03. The minimum atomic E-state index is 0.345. The van der Waals surface area contributed by atoms with E-state index in [4.69, 9.17) is 0 Å². The minimum absolute atomic E-state index is 0.345. The molecule has 0 aliphatic rings. The van der Waals surface area contributed by atoms with Crippen LogP contribution in [0, 0.1) is 0 Å². The van der Waals surface area contributed by atoms with Gasteiger partial charge in [0.05, 0.1) is 0 Å². The van der Waals surface area contributed by atoms with Crippen LogP contribution in [-0.2, 0) is 0 Å². The third-order valence-electron chi connectivity index (χ3n) is 2.73. The Bertz CT molecular complexity index is 533. The van der Waals surface area contributed by atoms with E-state index < -0.39 is 0 Å². The topological polar surface area (TPSA) is 37.8 Å². The molecule has 1 atom stereocenters. The number of aromatic nitrogens is 2. The highest BCUT2D eigenvalue weighted by molar-refractivity contribution is 9.10. The van der Waals surface area contributed by atoms with Crippen molar-refractivity contribution in [3.8, 4) is 0 Å². The third kappa shape index (κ3) is 4.03. The monoisotopic (exact) mass is 337 g/mol. The zero-order chi connectivity index (χ0) is 13.7. The molecular formula is C14H16BrN3S. The summed E-state index contributed by atoms with van der Waals surface area (Å²) >= 11 is 5.28. The summed E-state index contributed by atoms with van der Waals surface area (Å²) in [4.78, 5) is 9.30. The standard InChI is InChI=1S/C14H16BrN3S/c1-3-17-10(2)12-5-4-11(8-13(12)15)19-14-6-7-16-9-18-14/h4-10,17H,3H2,1-2H3. The van der Waals surface area contributed by atoms with Gasteiger partial charge in [0.25, 0.3) is 0 Å². The van der Waals surface area contributed by atoms with Crippen LogP contribution in [0.4, 0.5) is 0 Å². The van der Waals surface area contributed by atoms with E-state index in [2.05, 4.69) is 63.3 Å². The van der Waals surface area contributed by atoms with E-state index in [-0.39, 0.29) is 0 Å². The van der Waals surface area contributed by atoms with Crippen LogP contribution < -0.4 is 5.32 Å². The molecule has 19 heavy (non-hydrogen) atoms. The van der Waals surface area contributed by atoms with Gasteiger partial charge in [0.2, 0.25) is 0 Å². The van der Waals surface area contributed by atoms with E-state index in [1.165, 1.54) is 5.56 Å². The molecule has 2 rings (SSSR count). The molecule has 0 saturated heterocycles. The van der Waals surface area contributed by atoms with Crippen molar-refractivity contribution in [1.82, 2.24) is 15.3 Å². The van der Waals surface area contributed by atoms with Crippen LogP contribution in [-0.4, -0.2) is 16.5 Å². The number of hydrogen-bond donors (Lipinski definition) is 1. The average molecular weight is 338 g/mol. The second-order valence-electron chi connectivity index (χ2n) is 4.11. The van der Waals surface area contributed by atoms with Crippen molar-refractivity contribution in [2.45, 2.75) is 29.8 Å². The Morgan fingerprint density at radius 1 is 1.37 bits per heavy atom. The maximum absolute atomic E-state index is 4.21. The van der Waals surface area contributed by atoms with Gasteiger partial charge in [0.15, 0.2) is 0 Å². The van der Waals surface area contributed by atoms with Crippen LogP contribution in [0.1, 0.15) is 25.5 Å². The molecule has 2 aromatic rings. The Hall–Kier alpha value is -0.910. The summed E-state index contributed by atoms with van der Waals surface area (Å²) in [7, 11) is 0. The SMILES string of the molecule is CCNC(C)c1ccc(Sc2ccncn2)cc1Br. The number of nitrogens with one attached hydrogen (secondary N) is 1. The minimum Gasteiger partial charge on any atom is -0.310 e. The lowest BCUT2D eigenvalue weighted by atomic mass is 10.1. The largest absolute Gasteiger partial charge is 0.310 e. The van der Waals surface area contributed by atoms with Gasteiger partial charge in [-0.25, -0.2) is 9.97 Å². The smallest absolute Gasteiger partial charge is 0.116 e. The van der Waals surface area contributed by atoms with Crippen LogP contribution in [0.15, 0.2) is 51.2 Å². The highest BCUT2D eigenvalue weighted by Gasteiger charge is 2.09. The van der Waals surface area contributed by atoms with Crippen molar-refractivity contribution in [1.29, 1.82) is 0 Å². The zero-order valence-corrected chi connectivity index (χ0v) is 13.3. The average Bonchev–Trinajstić information content (AvgIpc) is 2.40. The van der Waals surface area contributed by atoms with Crippen molar-refractivity contribution in [3.05, 3.63) is 46.8 Å². The lowest BCUT2D eigenvalue weighted by Gasteiger charge is -2.15. The maximum atomic E-state index is 4.21. The summed E-state index contributed by atoms with van der Waals surface area (Å²) in [5, 5.41) is 4.37. The van der Waals surface area contributed by atoms with Gasteiger partial charge < -0.3 is 5.32 Å². The lowest BCUT2D eigenvalue weighted by molar-refractivity contribution is 0.595. The van der Waals surface area contributed by atoms with Crippen LogP contribution >= 0.6 is 27.7 Å². The first-order valence-corrected chi connectivity index (χ1v) is 7.78. The lowest BCUT2D eigenvalue weighted by Crippen LogP contribution is -2.17. The van der Waals surface area contributed by atoms with Crippen molar-refractivity contribution < 1.29 is 0 Å². The highest BCUT2D eigenvalue weighted by atomic mass is 79.9. The van der Waals surface area contributed by atoms with E-state index >= 15 is 0 Å². The van der Waals surface area contributed by atoms with Gasteiger partial charge in [-0.3, -0.25) is 0 Å². The molecule has 1 unspecified atom stereocenters. The van der Waals surface area contributed by atoms with Gasteiger partial charge in [-0.15, -0.1) is 0 Å². The number of rotatable bonds is 5. The Morgan fingerprint density at radius 3 is 2.84 bits per heavy atom. The third-order valence-corrected chi connectivity index (χ3v) is 4.35. The quantitative estimate of drug-likeness (QED) is 0.835. The Balaban J connectivity index is 2.15. The zero-order valence-electron chi connectivity index (χ0n) is 10.9. The van der Waals surface area contributed by atoms with Crippen LogP contribution in [0.3, 0.4) is 0 Å². The van der Waals surface area contributed by atoms with Crippen molar-refractivity contribution in [2.75, 3.05) is 6.54 Å². The predicted molar refractivity (Wildman–Crippen MR) is 82.4 cm³/mol. The first kappa shape index (κ1) is 14.5. The molecular weight excluding hydrogens is 322 g/mol. The normalized spacial score (nSPS) is 12.4. The molecule has 1 N–H and O–H groups in total. The Kier molecular flexibility index (Phi) is 5.36. The highest BCUT2D eigenvalue weighted by Crippen LogP contribution is 2.31. The molecule has 0 spiro atoms. The molecule has 0 saturated carbocycles. The van der Waals surface area contributed by atoms with Gasteiger partial charge in [-0.2, -0.15) is 0 Å². The molecule has 1 heterocycles. The Labute approximate surface area is 126 Å². The molecule has 1 aromatic carbocycles. The molecule has 0 bridgehead atoms. The fourth-order valence-electron chi connectivity index (χ4n) is 1.80. The van der Waals surface area contributed by atoms with Gasteiger partial charge in [0, 0.05) is 21.6 Å². The molecule has 0 fully saturated rings. The van der Waals surface area contributed by atoms with Crippen molar-refractivity contribution >= 4 is 27.7 Å². The number of halogens is 1. The summed E-state index contributed by atoms with van der Waals surface area (Å²) in [5.41, 5.74) is 1.27. The number of hydrogen-bond acceptors (Lipinski definition) is 4. The van der Waals surface area contributed by atoms with E-state index in [0.29, 0.717) is 6.04 Å². The van der Waals surface area contributed by atoms with Crippen molar-refractivity contribution in [3.63, 3.8) is 0 Å². The molecule has 0 aliphatic heterocycles. The molecule has 3 nitrogen and oxygen atoms in total. The predicted octanol–water partition coefficient (Wildman–Crippen LogP) is 4.06. The maximum Gasteiger partial charge on any atom is 0.116 e. The summed E-state index contributed by atoms with van der Waals surface area (Å²) < 4.78 is 1.13. The molecule has 0 radical (unpaired) electrons. The fourth-order valence-corrected chi connectivity index (χ4v) is 3.46. The summed E-state index contributed by atoms with van der Waals surface area (Å²) in [5.74, 6) is 0. The molecule has 0 amide bonds. The summed E-state index contributed by atoms with van der Waals surface area (Å²) in [6.45, 7) is 5.25. The summed E-state index contributed by atoms with van der Waals surface area (Å²) in [6, 6.07) is 8.67. The van der Waals surface area contributed by atoms with Crippen LogP contribution in [0.5, 0.6) is 0 Å². The van der Waals surface area contributed by atoms with Gasteiger partial charge in [0.1, 0.15) is 11.4 Å². The molecule has 100 valence electrons. The number of nitrogens with zero attached hydrogens (tertiary/aromatic N) is 2. The fraction of sp³-hybridized carbons (Fsp3) is 0.286. The van der Waals surface area contributed by atoms with Crippen molar-refractivity contribution in [2.24, 2.45) is 0 Å².